The highest BCUT2D eigenvalue weighted by molar-refractivity contribution is 5.90. The van der Waals surface area contributed by atoms with Gasteiger partial charge in [0.25, 0.3) is 0 Å². The Morgan fingerprint density at radius 1 is 1.26 bits per heavy atom. The number of aryl methyl sites for hydroxylation is 1. The van der Waals surface area contributed by atoms with Crippen LogP contribution in [0.2, 0.25) is 0 Å². The normalized spacial score (nSPS) is 10.4. The Bertz CT molecular complexity index is 578. The lowest BCUT2D eigenvalue weighted by Gasteiger charge is -2.11. The number of anilines is 2. The topological polar surface area (TPSA) is 49.8 Å². The molecule has 0 aliphatic carbocycles. The first-order valence-electron chi connectivity index (χ1n) is 6.61. The van der Waals surface area contributed by atoms with Crippen molar-refractivity contribution in [2.75, 3.05) is 23.7 Å². The van der Waals surface area contributed by atoms with Crippen LogP contribution < -0.4 is 10.6 Å². The average molecular weight is 256 g/mol. The summed E-state index contributed by atoms with van der Waals surface area (Å²) < 4.78 is 0. The number of nitrogens with zero attached hydrogens (tertiary/aromatic N) is 2. The Morgan fingerprint density at radius 3 is 2.84 bits per heavy atom. The molecule has 2 rings (SSSR count). The number of rotatable bonds is 6. The number of hydrogen-bond acceptors (Lipinski definition) is 4. The third-order valence-electron chi connectivity index (χ3n) is 2.80. The van der Waals surface area contributed by atoms with Gasteiger partial charge in [0.05, 0.1) is 5.52 Å². The second kappa shape index (κ2) is 6.18. The summed E-state index contributed by atoms with van der Waals surface area (Å²) in [5.74, 6) is 1.52. The predicted octanol–water partition coefficient (Wildman–Crippen LogP) is 3.36. The van der Waals surface area contributed by atoms with Gasteiger partial charge in [-0.15, -0.1) is 6.58 Å². The zero-order chi connectivity index (χ0) is 13.7. The summed E-state index contributed by atoms with van der Waals surface area (Å²) >= 11 is 0. The lowest BCUT2D eigenvalue weighted by atomic mass is 10.1. The van der Waals surface area contributed by atoms with Gasteiger partial charge in [0, 0.05) is 18.5 Å². The number of benzene rings is 1. The van der Waals surface area contributed by atoms with Crippen molar-refractivity contribution in [3.05, 3.63) is 36.4 Å². The molecule has 0 aliphatic heterocycles. The summed E-state index contributed by atoms with van der Waals surface area (Å²) in [6, 6.07) is 6.20. The Labute approximate surface area is 114 Å². The molecule has 0 spiro atoms. The predicted molar refractivity (Wildman–Crippen MR) is 81.7 cm³/mol. The van der Waals surface area contributed by atoms with E-state index in [9.17, 15) is 0 Å². The molecule has 19 heavy (non-hydrogen) atoms. The van der Waals surface area contributed by atoms with E-state index in [1.54, 1.807) is 0 Å². The molecule has 4 nitrogen and oxygen atoms in total. The maximum absolute atomic E-state index is 4.54. The fourth-order valence-electron chi connectivity index (χ4n) is 1.86. The number of fused-ring (bicyclic) bond motifs is 1. The lowest BCUT2D eigenvalue weighted by Crippen LogP contribution is -2.08. The van der Waals surface area contributed by atoms with Crippen molar-refractivity contribution < 1.29 is 0 Å². The van der Waals surface area contributed by atoms with Crippen LogP contribution in [-0.2, 0) is 0 Å². The van der Waals surface area contributed by atoms with E-state index in [1.807, 2.05) is 12.1 Å². The van der Waals surface area contributed by atoms with Gasteiger partial charge in [-0.25, -0.2) is 4.98 Å². The van der Waals surface area contributed by atoms with Crippen LogP contribution in [0.1, 0.15) is 18.9 Å². The number of hydrogen-bond donors (Lipinski definition) is 2. The molecule has 4 heteroatoms. The Morgan fingerprint density at radius 2 is 2.11 bits per heavy atom. The van der Waals surface area contributed by atoms with E-state index in [4.69, 9.17) is 0 Å². The average Bonchev–Trinajstić information content (AvgIpc) is 2.42. The molecule has 0 fully saturated rings. The maximum atomic E-state index is 4.54. The molecule has 2 N–H and O–H groups in total. The van der Waals surface area contributed by atoms with Crippen LogP contribution in [0.3, 0.4) is 0 Å². The maximum Gasteiger partial charge on any atom is 0.225 e. The van der Waals surface area contributed by atoms with Crippen molar-refractivity contribution in [2.45, 2.75) is 20.3 Å². The summed E-state index contributed by atoms with van der Waals surface area (Å²) in [6.07, 6.45) is 2.87. The second-order valence-electron chi connectivity index (χ2n) is 4.51. The van der Waals surface area contributed by atoms with E-state index in [-0.39, 0.29) is 0 Å². The smallest absolute Gasteiger partial charge is 0.225 e. The number of nitrogens with one attached hydrogen (secondary N) is 2. The second-order valence-corrected chi connectivity index (χ2v) is 4.51. The molecular formula is C15H20N4. The van der Waals surface area contributed by atoms with E-state index in [0.717, 1.165) is 29.7 Å². The van der Waals surface area contributed by atoms with Crippen molar-refractivity contribution in [1.82, 2.24) is 9.97 Å². The molecule has 2 aromatic rings. The molecule has 0 aliphatic rings. The molecule has 100 valence electrons. The van der Waals surface area contributed by atoms with Gasteiger partial charge < -0.3 is 10.6 Å². The van der Waals surface area contributed by atoms with Gasteiger partial charge >= 0.3 is 0 Å². The molecule has 0 saturated heterocycles. The molecule has 0 unspecified atom stereocenters. The third-order valence-corrected chi connectivity index (χ3v) is 2.80. The molecule has 0 amide bonds. The van der Waals surface area contributed by atoms with E-state index < -0.39 is 0 Å². The van der Waals surface area contributed by atoms with E-state index >= 15 is 0 Å². The highest BCUT2D eigenvalue weighted by Crippen LogP contribution is 2.23. The van der Waals surface area contributed by atoms with Gasteiger partial charge in [-0.3, -0.25) is 0 Å². The molecule has 0 saturated carbocycles. The quantitative estimate of drug-likeness (QED) is 0.778. The zero-order valence-corrected chi connectivity index (χ0v) is 11.5. The Kier molecular flexibility index (Phi) is 4.34. The molecule has 1 heterocycles. The van der Waals surface area contributed by atoms with Crippen LogP contribution in [-0.4, -0.2) is 23.1 Å². The monoisotopic (exact) mass is 256 g/mol. The summed E-state index contributed by atoms with van der Waals surface area (Å²) in [4.78, 5) is 9.07. The van der Waals surface area contributed by atoms with Crippen LogP contribution in [0.4, 0.5) is 11.8 Å². The third kappa shape index (κ3) is 3.22. The van der Waals surface area contributed by atoms with E-state index in [2.05, 4.69) is 53.2 Å². The standard InChI is InChI=1S/C15H20N4/c1-4-8-16-14-12-10-11(3)6-7-13(12)18-15(19-14)17-9-5-2/h4,6-7,10H,1,5,8-9H2,2-3H3,(H2,16,17,18,19). The first-order chi connectivity index (χ1) is 9.24. The summed E-state index contributed by atoms with van der Waals surface area (Å²) in [5, 5.41) is 7.55. The minimum atomic E-state index is 0.671. The van der Waals surface area contributed by atoms with Gasteiger partial charge in [0.15, 0.2) is 0 Å². The van der Waals surface area contributed by atoms with Crippen molar-refractivity contribution in [3.63, 3.8) is 0 Å². The van der Waals surface area contributed by atoms with Gasteiger partial charge in [0.1, 0.15) is 5.82 Å². The molecule has 1 aromatic heterocycles. The fraction of sp³-hybridized carbons (Fsp3) is 0.333. The SMILES string of the molecule is C=CCNc1nc(NCCC)nc2ccc(C)cc12. The van der Waals surface area contributed by atoms with E-state index in [1.165, 1.54) is 5.56 Å². The van der Waals surface area contributed by atoms with Gasteiger partial charge in [-0.05, 0) is 25.5 Å². The first-order valence-corrected chi connectivity index (χ1v) is 6.61. The van der Waals surface area contributed by atoms with Crippen LogP contribution in [0.25, 0.3) is 10.9 Å². The van der Waals surface area contributed by atoms with Crippen LogP contribution in [0.15, 0.2) is 30.9 Å². The minimum absolute atomic E-state index is 0.671. The molecular weight excluding hydrogens is 236 g/mol. The first kappa shape index (κ1) is 13.3. The van der Waals surface area contributed by atoms with Crippen molar-refractivity contribution in [1.29, 1.82) is 0 Å². The van der Waals surface area contributed by atoms with Crippen molar-refractivity contribution in [3.8, 4) is 0 Å². The van der Waals surface area contributed by atoms with Crippen molar-refractivity contribution in [2.24, 2.45) is 0 Å². The molecule has 0 atom stereocenters. The fourth-order valence-corrected chi connectivity index (χ4v) is 1.86. The van der Waals surface area contributed by atoms with Crippen LogP contribution >= 0.6 is 0 Å². The summed E-state index contributed by atoms with van der Waals surface area (Å²) in [5.41, 5.74) is 2.15. The molecule has 0 bridgehead atoms. The Hall–Kier alpha value is -2.10. The van der Waals surface area contributed by atoms with E-state index in [0.29, 0.717) is 12.5 Å². The summed E-state index contributed by atoms with van der Waals surface area (Å²) in [6.45, 7) is 9.47. The molecule has 1 aromatic carbocycles. The highest BCUT2D eigenvalue weighted by Gasteiger charge is 2.07. The highest BCUT2D eigenvalue weighted by atomic mass is 15.1. The van der Waals surface area contributed by atoms with Crippen LogP contribution in [0, 0.1) is 6.92 Å². The largest absolute Gasteiger partial charge is 0.366 e. The van der Waals surface area contributed by atoms with Crippen LogP contribution in [0.5, 0.6) is 0 Å². The summed E-state index contributed by atoms with van der Waals surface area (Å²) in [7, 11) is 0. The van der Waals surface area contributed by atoms with Gasteiger partial charge in [-0.2, -0.15) is 4.98 Å². The van der Waals surface area contributed by atoms with Crippen molar-refractivity contribution >= 4 is 22.7 Å². The van der Waals surface area contributed by atoms with Gasteiger partial charge in [-0.1, -0.05) is 24.6 Å². The molecule has 0 radical (unpaired) electrons. The Balaban J connectivity index is 2.45. The number of aromatic nitrogens is 2. The van der Waals surface area contributed by atoms with Gasteiger partial charge in [0.2, 0.25) is 5.95 Å². The minimum Gasteiger partial charge on any atom is -0.366 e. The lowest BCUT2D eigenvalue weighted by molar-refractivity contribution is 0.957. The zero-order valence-electron chi connectivity index (χ0n) is 11.5.